The molecule has 0 saturated heterocycles. The molecular weight excluding hydrogens is 292 g/mol. The van der Waals surface area contributed by atoms with Crippen molar-refractivity contribution in [2.75, 3.05) is 5.32 Å². The van der Waals surface area contributed by atoms with Crippen molar-refractivity contribution in [3.05, 3.63) is 15.0 Å². The maximum absolute atomic E-state index is 11.3. The van der Waals surface area contributed by atoms with Crippen LogP contribution in [0, 0.1) is 0 Å². The molecule has 0 fully saturated rings. The highest BCUT2D eigenvalue weighted by Crippen LogP contribution is 2.26. The molecule has 0 aliphatic carbocycles. The van der Waals surface area contributed by atoms with Crippen molar-refractivity contribution in [1.82, 2.24) is 14.8 Å². The first-order chi connectivity index (χ1) is 7.78. The minimum Gasteiger partial charge on any atom is -0.368 e. The van der Waals surface area contributed by atoms with Crippen molar-refractivity contribution in [1.29, 1.82) is 0 Å². The van der Waals surface area contributed by atoms with Crippen LogP contribution in [-0.4, -0.2) is 31.7 Å². The predicted molar refractivity (Wildman–Crippen MR) is 63.5 cm³/mol. The highest BCUT2D eigenvalue weighted by Gasteiger charge is 2.35. The van der Waals surface area contributed by atoms with Crippen LogP contribution < -0.4 is 10.9 Å². The Bertz CT molecular complexity index is 496. The quantitative estimate of drug-likeness (QED) is 0.783. The lowest BCUT2D eigenvalue weighted by atomic mass is 10.2. The second kappa shape index (κ2) is 4.04. The van der Waals surface area contributed by atoms with Gasteiger partial charge >= 0.3 is 5.56 Å². The van der Waals surface area contributed by atoms with Crippen LogP contribution in [-0.2, 0) is 4.74 Å². The Balaban J connectivity index is 2.30. The number of rotatable bonds is 1. The molecule has 2 atom stereocenters. The van der Waals surface area contributed by atoms with Crippen LogP contribution in [0.15, 0.2) is 9.40 Å². The van der Waals surface area contributed by atoms with Gasteiger partial charge in [0.1, 0.15) is 0 Å². The average Bonchev–Trinajstić information content (AvgIpc) is 2.43. The Hall–Kier alpha value is -0.990. The van der Waals surface area contributed by atoms with Gasteiger partial charge < -0.3 is 15.2 Å². The van der Waals surface area contributed by atoms with Crippen molar-refractivity contribution >= 4 is 21.9 Å². The van der Waals surface area contributed by atoms with E-state index in [1.54, 1.807) is 0 Å². The largest absolute Gasteiger partial charge is 0.368 e. The lowest BCUT2D eigenvalue weighted by molar-refractivity contribution is -0.113. The van der Waals surface area contributed by atoms with Gasteiger partial charge in [-0.2, -0.15) is 14.8 Å². The van der Waals surface area contributed by atoms with Crippen LogP contribution >= 0.6 is 15.9 Å². The van der Waals surface area contributed by atoms with E-state index in [0.717, 1.165) is 0 Å². The first-order valence-corrected chi connectivity index (χ1v) is 5.86. The molecule has 0 unspecified atom stereocenters. The maximum Gasteiger partial charge on any atom is 0.307 e. The second-order valence-corrected chi connectivity index (χ2v) is 5.44. The molecular formula is C9H13BrN4O3. The van der Waals surface area contributed by atoms with Crippen molar-refractivity contribution in [2.45, 2.75) is 38.8 Å². The Morgan fingerprint density at radius 1 is 1.53 bits per heavy atom. The fourth-order valence-corrected chi connectivity index (χ4v) is 1.72. The van der Waals surface area contributed by atoms with Gasteiger partial charge in [0.2, 0.25) is 5.95 Å². The summed E-state index contributed by atoms with van der Waals surface area (Å²) in [5.41, 5.74) is -0.925. The second-order valence-electron chi connectivity index (χ2n) is 4.68. The first-order valence-electron chi connectivity index (χ1n) is 5.07. The van der Waals surface area contributed by atoms with Crippen molar-refractivity contribution in [3.63, 3.8) is 0 Å². The first kappa shape index (κ1) is 12.5. The molecule has 0 aromatic carbocycles. The molecule has 1 aliphatic rings. The van der Waals surface area contributed by atoms with Crippen LogP contribution in [0.4, 0.5) is 5.95 Å². The number of fused-ring (bicyclic) bond motifs is 1. The molecule has 2 N–H and O–H groups in total. The van der Waals surface area contributed by atoms with E-state index in [4.69, 9.17) is 4.74 Å². The molecule has 0 saturated carbocycles. The van der Waals surface area contributed by atoms with Gasteiger partial charge in [0.25, 0.3) is 0 Å². The third-order valence-corrected chi connectivity index (χ3v) is 2.57. The lowest BCUT2D eigenvalue weighted by Gasteiger charge is -2.26. The highest BCUT2D eigenvalue weighted by molar-refractivity contribution is 9.10. The third kappa shape index (κ3) is 2.48. The number of hydrogen-bond donors (Lipinski definition) is 2. The van der Waals surface area contributed by atoms with Gasteiger partial charge in [0, 0.05) is 0 Å². The van der Waals surface area contributed by atoms with Gasteiger partial charge in [0.05, 0.1) is 5.60 Å². The molecule has 2 heterocycles. The summed E-state index contributed by atoms with van der Waals surface area (Å²) in [4.78, 5) is 15.0. The number of nitrogens with zero attached hydrogens (tertiary/aromatic N) is 3. The Morgan fingerprint density at radius 3 is 2.76 bits per heavy atom. The van der Waals surface area contributed by atoms with E-state index in [9.17, 15) is 9.90 Å². The lowest BCUT2D eigenvalue weighted by Crippen LogP contribution is -2.34. The van der Waals surface area contributed by atoms with Gasteiger partial charge in [0.15, 0.2) is 17.1 Å². The van der Waals surface area contributed by atoms with E-state index in [-0.39, 0.29) is 10.6 Å². The summed E-state index contributed by atoms with van der Waals surface area (Å²) in [6, 6.07) is 0. The SMILES string of the molecule is CC(C)(C)O[C@H]1Nc2nc(=O)c(Br)nn2[C@@H]1O. The normalized spacial score (nSPS) is 23.4. The van der Waals surface area contributed by atoms with E-state index in [2.05, 4.69) is 31.3 Å². The third-order valence-electron chi connectivity index (χ3n) is 2.07. The molecule has 0 bridgehead atoms. The van der Waals surface area contributed by atoms with Crippen molar-refractivity contribution < 1.29 is 9.84 Å². The number of halogens is 1. The van der Waals surface area contributed by atoms with Crippen LogP contribution in [0.1, 0.15) is 27.0 Å². The molecule has 17 heavy (non-hydrogen) atoms. The number of aliphatic hydroxyl groups is 1. The number of nitrogens with one attached hydrogen (secondary N) is 1. The number of hydrogen-bond acceptors (Lipinski definition) is 6. The molecule has 1 aromatic heterocycles. The minimum absolute atomic E-state index is 0.0542. The smallest absolute Gasteiger partial charge is 0.307 e. The van der Waals surface area contributed by atoms with E-state index in [1.807, 2.05) is 20.8 Å². The molecule has 1 aromatic rings. The molecule has 0 radical (unpaired) electrons. The molecule has 2 rings (SSSR count). The van der Waals surface area contributed by atoms with Gasteiger partial charge in [-0.1, -0.05) is 0 Å². The van der Waals surface area contributed by atoms with E-state index in [0.29, 0.717) is 0 Å². The van der Waals surface area contributed by atoms with Gasteiger partial charge in [-0.3, -0.25) is 4.79 Å². The zero-order valence-electron chi connectivity index (χ0n) is 9.64. The van der Waals surface area contributed by atoms with E-state index < -0.39 is 23.6 Å². The van der Waals surface area contributed by atoms with Crippen molar-refractivity contribution in [3.8, 4) is 0 Å². The van der Waals surface area contributed by atoms with Gasteiger partial charge in [-0.15, -0.1) is 0 Å². The summed E-state index contributed by atoms with van der Waals surface area (Å²) in [5.74, 6) is 0.194. The summed E-state index contributed by atoms with van der Waals surface area (Å²) in [7, 11) is 0. The summed E-state index contributed by atoms with van der Waals surface area (Å²) in [6.07, 6.45) is -1.70. The molecule has 0 spiro atoms. The Morgan fingerprint density at radius 2 is 2.18 bits per heavy atom. The van der Waals surface area contributed by atoms with E-state index >= 15 is 0 Å². The fourth-order valence-electron chi connectivity index (χ4n) is 1.46. The number of anilines is 1. The summed E-state index contributed by atoms with van der Waals surface area (Å²) in [5, 5.41) is 16.7. The Labute approximate surface area is 106 Å². The molecule has 94 valence electrons. The molecule has 8 heteroatoms. The molecule has 0 amide bonds. The summed E-state index contributed by atoms with van der Waals surface area (Å²) in [6.45, 7) is 5.60. The summed E-state index contributed by atoms with van der Waals surface area (Å²) < 4.78 is 6.86. The number of aliphatic hydroxyl groups excluding tert-OH is 1. The molecule has 7 nitrogen and oxygen atoms in total. The molecule has 1 aliphatic heterocycles. The standard InChI is InChI=1S/C9H13BrN4O3/c1-9(2,3)17-6-7(16)14-8(12-6)11-5(15)4(10)13-14/h6-7,16H,1-3H3,(H,11,12,15)/t6-,7-/m1/s1. The van der Waals surface area contributed by atoms with Crippen molar-refractivity contribution in [2.24, 2.45) is 0 Å². The van der Waals surface area contributed by atoms with Gasteiger partial charge in [-0.05, 0) is 36.7 Å². The predicted octanol–water partition coefficient (Wildman–Crippen LogP) is 0.458. The number of aromatic nitrogens is 3. The highest BCUT2D eigenvalue weighted by atomic mass is 79.9. The number of ether oxygens (including phenoxy) is 1. The van der Waals surface area contributed by atoms with Crippen LogP contribution in [0.5, 0.6) is 0 Å². The van der Waals surface area contributed by atoms with Gasteiger partial charge in [-0.25, -0.2) is 0 Å². The zero-order chi connectivity index (χ0) is 12.8. The Kier molecular flexibility index (Phi) is 2.96. The average molecular weight is 305 g/mol. The topological polar surface area (TPSA) is 89.3 Å². The van der Waals surface area contributed by atoms with Crippen LogP contribution in [0.3, 0.4) is 0 Å². The minimum atomic E-state index is -1.02. The van der Waals surface area contributed by atoms with Crippen LogP contribution in [0.2, 0.25) is 0 Å². The van der Waals surface area contributed by atoms with E-state index in [1.165, 1.54) is 4.68 Å². The summed E-state index contributed by atoms with van der Waals surface area (Å²) >= 11 is 2.97. The fraction of sp³-hybridized carbons (Fsp3) is 0.667. The van der Waals surface area contributed by atoms with Crippen LogP contribution in [0.25, 0.3) is 0 Å². The monoisotopic (exact) mass is 304 g/mol. The zero-order valence-corrected chi connectivity index (χ0v) is 11.2. The maximum atomic E-state index is 11.3.